The Bertz CT molecular complexity index is 859. The fourth-order valence-electron chi connectivity index (χ4n) is 1.91. The average Bonchev–Trinajstić information content (AvgIpc) is 2.55. The summed E-state index contributed by atoms with van der Waals surface area (Å²) in [6, 6.07) is 5.28. The molecule has 0 atom stereocenters. The summed E-state index contributed by atoms with van der Waals surface area (Å²) in [5.74, 6) is -0.0527. The Kier molecular flexibility index (Phi) is 5.56. The Morgan fingerprint density at radius 3 is 2.46 bits per heavy atom. The van der Waals surface area contributed by atoms with E-state index in [2.05, 4.69) is 10.6 Å². The SMILES string of the molecule is CNC(=O)Nc1cc(Oc2ccc(C(F)(F)F)cc2Cl)ccc1[N+](=O)[O-]. The number of hydrogen-bond donors (Lipinski definition) is 2. The molecule has 0 aromatic heterocycles. The Morgan fingerprint density at radius 1 is 1.23 bits per heavy atom. The number of carbonyl (C=O) groups is 1. The number of carbonyl (C=O) groups excluding carboxylic acids is 1. The molecular weight excluding hydrogens is 379 g/mol. The van der Waals surface area contributed by atoms with Crippen molar-refractivity contribution in [3.05, 3.63) is 57.1 Å². The molecule has 2 rings (SSSR count). The molecule has 0 radical (unpaired) electrons. The van der Waals surface area contributed by atoms with Crippen LogP contribution in [0.5, 0.6) is 11.5 Å². The number of anilines is 1. The van der Waals surface area contributed by atoms with Gasteiger partial charge < -0.3 is 15.4 Å². The molecule has 0 saturated carbocycles. The van der Waals surface area contributed by atoms with Gasteiger partial charge in [0.05, 0.1) is 15.5 Å². The lowest BCUT2D eigenvalue weighted by Crippen LogP contribution is -2.24. The van der Waals surface area contributed by atoms with Crippen molar-refractivity contribution in [1.29, 1.82) is 0 Å². The molecule has 0 fully saturated rings. The van der Waals surface area contributed by atoms with Crippen molar-refractivity contribution in [1.82, 2.24) is 5.32 Å². The normalized spacial score (nSPS) is 11.0. The highest BCUT2D eigenvalue weighted by atomic mass is 35.5. The van der Waals surface area contributed by atoms with Gasteiger partial charge in [0.1, 0.15) is 17.2 Å². The molecule has 2 amide bonds. The summed E-state index contributed by atoms with van der Waals surface area (Å²) in [5.41, 5.74) is -1.49. The van der Waals surface area contributed by atoms with Crippen LogP contribution in [0.1, 0.15) is 5.56 Å². The van der Waals surface area contributed by atoms with Crippen molar-refractivity contribution in [2.24, 2.45) is 0 Å². The van der Waals surface area contributed by atoms with Gasteiger partial charge in [-0.3, -0.25) is 10.1 Å². The maximum absolute atomic E-state index is 12.6. The van der Waals surface area contributed by atoms with E-state index in [9.17, 15) is 28.1 Å². The standard InChI is InChI=1S/C15H11ClF3N3O4/c1-20-14(23)21-11-7-9(3-4-12(11)22(24)25)26-13-5-2-8(6-10(13)16)15(17,18)19/h2-7H,1H3,(H2,20,21,23). The molecule has 2 aromatic carbocycles. The van der Waals surface area contributed by atoms with Crippen LogP contribution in [0.25, 0.3) is 0 Å². The third kappa shape index (κ3) is 4.54. The fraction of sp³-hybridized carbons (Fsp3) is 0.133. The number of ether oxygens (including phenoxy) is 1. The Hall–Kier alpha value is -3.01. The quantitative estimate of drug-likeness (QED) is 0.579. The van der Waals surface area contributed by atoms with E-state index in [1.54, 1.807) is 0 Å². The molecule has 0 unspecified atom stereocenters. The lowest BCUT2D eigenvalue weighted by atomic mass is 10.2. The van der Waals surface area contributed by atoms with Gasteiger partial charge in [-0.2, -0.15) is 13.2 Å². The minimum atomic E-state index is -4.56. The molecule has 7 nitrogen and oxygen atoms in total. The maximum atomic E-state index is 12.6. The second kappa shape index (κ2) is 7.48. The molecule has 26 heavy (non-hydrogen) atoms. The van der Waals surface area contributed by atoms with Crippen LogP contribution >= 0.6 is 11.6 Å². The van der Waals surface area contributed by atoms with Crippen LogP contribution in [0, 0.1) is 10.1 Å². The van der Waals surface area contributed by atoms with Crippen LogP contribution < -0.4 is 15.4 Å². The van der Waals surface area contributed by atoms with E-state index >= 15 is 0 Å². The summed E-state index contributed by atoms with van der Waals surface area (Å²) >= 11 is 5.80. The van der Waals surface area contributed by atoms with Crippen molar-refractivity contribution in [2.75, 3.05) is 12.4 Å². The van der Waals surface area contributed by atoms with Gasteiger partial charge in [-0.05, 0) is 24.3 Å². The number of rotatable bonds is 4. The van der Waals surface area contributed by atoms with E-state index in [0.29, 0.717) is 6.07 Å². The van der Waals surface area contributed by atoms with Crippen molar-refractivity contribution < 1.29 is 27.6 Å². The molecule has 138 valence electrons. The van der Waals surface area contributed by atoms with Crippen LogP contribution in [0.4, 0.5) is 29.3 Å². The molecular formula is C15H11ClF3N3O4. The molecule has 0 aliphatic carbocycles. The smallest absolute Gasteiger partial charge is 0.416 e. The Balaban J connectivity index is 2.33. The second-order valence-electron chi connectivity index (χ2n) is 4.89. The van der Waals surface area contributed by atoms with Gasteiger partial charge in [0.15, 0.2) is 0 Å². The van der Waals surface area contributed by atoms with Crippen LogP contribution in [-0.2, 0) is 6.18 Å². The average molecular weight is 390 g/mol. The number of halogens is 4. The van der Waals surface area contributed by atoms with E-state index in [1.165, 1.54) is 13.1 Å². The monoisotopic (exact) mass is 389 g/mol. The fourth-order valence-corrected chi connectivity index (χ4v) is 2.13. The van der Waals surface area contributed by atoms with Gasteiger partial charge in [0.25, 0.3) is 5.69 Å². The summed E-state index contributed by atoms with van der Waals surface area (Å²) < 4.78 is 43.3. The number of hydrogen-bond acceptors (Lipinski definition) is 4. The topological polar surface area (TPSA) is 93.5 Å². The Morgan fingerprint density at radius 2 is 1.92 bits per heavy atom. The molecule has 0 saturated heterocycles. The summed E-state index contributed by atoms with van der Waals surface area (Å²) in [6.07, 6.45) is -4.56. The number of alkyl halides is 3. The van der Waals surface area contributed by atoms with Crippen molar-refractivity contribution >= 4 is 29.0 Å². The molecule has 0 bridgehead atoms. The van der Waals surface area contributed by atoms with Gasteiger partial charge in [0.2, 0.25) is 0 Å². The van der Waals surface area contributed by atoms with Gasteiger partial charge in [-0.15, -0.1) is 0 Å². The second-order valence-corrected chi connectivity index (χ2v) is 5.29. The number of urea groups is 1. The zero-order chi connectivity index (χ0) is 19.5. The maximum Gasteiger partial charge on any atom is 0.416 e. The Labute approximate surface area is 149 Å². The number of nitro groups is 1. The molecule has 2 aromatic rings. The summed E-state index contributed by atoms with van der Waals surface area (Å²) in [7, 11) is 1.32. The lowest BCUT2D eigenvalue weighted by Gasteiger charge is -2.12. The molecule has 2 N–H and O–H groups in total. The van der Waals surface area contributed by atoms with Crippen molar-refractivity contribution in [2.45, 2.75) is 6.18 Å². The minimum absolute atomic E-state index is 0.0312. The van der Waals surface area contributed by atoms with E-state index in [0.717, 1.165) is 24.3 Å². The van der Waals surface area contributed by atoms with Gasteiger partial charge in [-0.1, -0.05) is 11.6 Å². The third-order valence-corrected chi connectivity index (χ3v) is 3.42. The predicted molar refractivity (Wildman–Crippen MR) is 87.7 cm³/mol. The van der Waals surface area contributed by atoms with Crippen LogP contribution in [0.3, 0.4) is 0 Å². The van der Waals surface area contributed by atoms with Gasteiger partial charge >= 0.3 is 12.2 Å². The first kappa shape index (κ1) is 19.3. The van der Waals surface area contributed by atoms with E-state index in [4.69, 9.17) is 16.3 Å². The molecule has 0 heterocycles. The highest BCUT2D eigenvalue weighted by Crippen LogP contribution is 2.37. The van der Waals surface area contributed by atoms with E-state index < -0.39 is 22.7 Å². The number of nitro benzene ring substituents is 1. The summed E-state index contributed by atoms with van der Waals surface area (Å²) in [6.45, 7) is 0. The first-order valence-electron chi connectivity index (χ1n) is 6.93. The number of amides is 2. The van der Waals surface area contributed by atoms with Crippen LogP contribution in [0.2, 0.25) is 5.02 Å². The highest BCUT2D eigenvalue weighted by Gasteiger charge is 2.31. The van der Waals surface area contributed by atoms with Gasteiger partial charge in [0, 0.05) is 19.2 Å². The number of nitrogens with one attached hydrogen (secondary N) is 2. The van der Waals surface area contributed by atoms with E-state index in [1.807, 2.05) is 0 Å². The molecule has 0 aliphatic rings. The first-order valence-corrected chi connectivity index (χ1v) is 7.31. The molecule has 0 aliphatic heterocycles. The summed E-state index contributed by atoms with van der Waals surface area (Å²) in [4.78, 5) is 21.7. The minimum Gasteiger partial charge on any atom is -0.456 e. The van der Waals surface area contributed by atoms with Crippen LogP contribution in [-0.4, -0.2) is 18.0 Å². The zero-order valence-corrected chi connectivity index (χ0v) is 13.8. The van der Waals surface area contributed by atoms with Crippen molar-refractivity contribution in [3.8, 4) is 11.5 Å². The first-order chi connectivity index (χ1) is 12.1. The van der Waals surface area contributed by atoms with Crippen LogP contribution in [0.15, 0.2) is 36.4 Å². The highest BCUT2D eigenvalue weighted by molar-refractivity contribution is 6.32. The lowest BCUT2D eigenvalue weighted by molar-refractivity contribution is -0.383. The third-order valence-electron chi connectivity index (χ3n) is 3.13. The number of benzene rings is 2. The van der Waals surface area contributed by atoms with Crippen molar-refractivity contribution in [3.63, 3.8) is 0 Å². The van der Waals surface area contributed by atoms with E-state index in [-0.39, 0.29) is 27.9 Å². The van der Waals surface area contributed by atoms with Gasteiger partial charge in [-0.25, -0.2) is 4.79 Å². The zero-order valence-electron chi connectivity index (χ0n) is 13.1. The largest absolute Gasteiger partial charge is 0.456 e. The summed E-state index contributed by atoms with van der Waals surface area (Å²) in [5, 5.41) is 15.2. The predicted octanol–water partition coefficient (Wildman–Crippen LogP) is 4.81. The molecule has 0 spiro atoms. The number of nitrogens with zero attached hydrogens (tertiary/aromatic N) is 1. The molecule has 11 heteroatoms.